The maximum absolute atomic E-state index is 12.5. The Morgan fingerprint density at radius 1 is 1.26 bits per heavy atom. The number of nitrogens with zero attached hydrogens (tertiary/aromatic N) is 1. The average molecular weight is 386 g/mol. The largest absolute Gasteiger partial charge is 0.466 e. The van der Waals surface area contributed by atoms with Crippen LogP contribution in [0.4, 0.5) is 5.69 Å². The van der Waals surface area contributed by atoms with Crippen molar-refractivity contribution in [3.05, 3.63) is 63.5 Å². The molecule has 0 bridgehead atoms. The number of ketones is 1. The van der Waals surface area contributed by atoms with Crippen LogP contribution in [0.1, 0.15) is 15.2 Å². The second kappa shape index (κ2) is 8.15. The summed E-state index contributed by atoms with van der Waals surface area (Å²) in [7, 11) is 1.25. The molecule has 0 saturated heterocycles. The van der Waals surface area contributed by atoms with Gasteiger partial charge in [0.15, 0.2) is 0 Å². The summed E-state index contributed by atoms with van der Waals surface area (Å²) in [4.78, 5) is 38.8. The Labute approximate surface area is 159 Å². The second-order valence-corrected chi connectivity index (χ2v) is 6.75. The van der Waals surface area contributed by atoms with Gasteiger partial charge < -0.3 is 20.1 Å². The Kier molecular flexibility index (Phi) is 5.68. The number of amides is 1. The summed E-state index contributed by atoms with van der Waals surface area (Å²) in [6.07, 6.45) is 0. The van der Waals surface area contributed by atoms with Crippen LogP contribution in [-0.2, 0) is 14.3 Å². The number of anilines is 1. The Morgan fingerprint density at radius 3 is 2.59 bits per heavy atom. The maximum atomic E-state index is 12.5. The molecule has 1 aromatic heterocycles. The van der Waals surface area contributed by atoms with E-state index in [4.69, 9.17) is 9.84 Å². The fraction of sp³-hybridized carbons (Fsp3) is 0.211. The molecule has 3 rings (SSSR count). The number of hydrogen-bond acceptors (Lipinski definition) is 7. The van der Waals surface area contributed by atoms with Gasteiger partial charge in [-0.25, -0.2) is 4.79 Å². The monoisotopic (exact) mass is 386 g/mol. The third kappa shape index (κ3) is 3.91. The van der Waals surface area contributed by atoms with Gasteiger partial charge in [0, 0.05) is 17.8 Å². The predicted molar refractivity (Wildman–Crippen MR) is 101 cm³/mol. The molecule has 0 radical (unpaired) electrons. The highest BCUT2D eigenvalue weighted by Crippen LogP contribution is 2.23. The van der Waals surface area contributed by atoms with Gasteiger partial charge in [-0.2, -0.15) is 0 Å². The van der Waals surface area contributed by atoms with Gasteiger partial charge in [0.2, 0.25) is 5.78 Å². The number of ether oxygens (including phenoxy) is 1. The molecule has 8 heteroatoms. The lowest BCUT2D eigenvalue weighted by molar-refractivity contribution is -0.136. The van der Waals surface area contributed by atoms with E-state index >= 15 is 0 Å². The van der Waals surface area contributed by atoms with E-state index in [1.807, 2.05) is 11.4 Å². The fourth-order valence-corrected chi connectivity index (χ4v) is 3.43. The first kappa shape index (κ1) is 18.8. The van der Waals surface area contributed by atoms with E-state index in [1.165, 1.54) is 23.3 Å². The zero-order valence-electron chi connectivity index (χ0n) is 14.6. The SMILES string of the molecule is COC(=O)C1=C(Nc2ccc(C(=O)c3cccs3)cc2)C(=O)N(CCO)C1. The van der Waals surface area contributed by atoms with Crippen LogP contribution in [0.15, 0.2) is 53.0 Å². The van der Waals surface area contributed by atoms with Gasteiger partial charge in [-0.3, -0.25) is 9.59 Å². The summed E-state index contributed by atoms with van der Waals surface area (Å²) >= 11 is 1.37. The van der Waals surface area contributed by atoms with Crippen LogP contribution in [-0.4, -0.2) is 54.5 Å². The van der Waals surface area contributed by atoms with E-state index in [1.54, 1.807) is 30.3 Å². The van der Waals surface area contributed by atoms with Crippen LogP contribution in [0, 0.1) is 0 Å². The first-order valence-electron chi connectivity index (χ1n) is 8.22. The number of esters is 1. The smallest absolute Gasteiger partial charge is 0.337 e. The van der Waals surface area contributed by atoms with Crippen LogP contribution < -0.4 is 5.32 Å². The average Bonchev–Trinajstić information content (AvgIpc) is 3.32. The number of hydrogen-bond donors (Lipinski definition) is 2. The third-order valence-electron chi connectivity index (χ3n) is 4.11. The lowest BCUT2D eigenvalue weighted by atomic mass is 10.1. The lowest BCUT2D eigenvalue weighted by Crippen LogP contribution is -2.31. The van der Waals surface area contributed by atoms with Gasteiger partial charge in [0.1, 0.15) is 5.70 Å². The van der Waals surface area contributed by atoms with Gasteiger partial charge >= 0.3 is 5.97 Å². The molecule has 1 aromatic carbocycles. The number of aliphatic hydroxyl groups excluding tert-OH is 1. The number of carbonyl (C=O) groups is 3. The highest BCUT2D eigenvalue weighted by molar-refractivity contribution is 7.12. The molecule has 2 N–H and O–H groups in total. The van der Waals surface area contributed by atoms with Crippen molar-refractivity contribution in [3.8, 4) is 0 Å². The number of carbonyl (C=O) groups excluding carboxylic acids is 3. The fourth-order valence-electron chi connectivity index (χ4n) is 2.75. The molecule has 0 aliphatic carbocycles. The topological polar surface area (TPSA) is 95.9 Å². The quantitative estimate of drug-likeness (QED) is 0.555. The minimum atomic E-state index is -0.601. The number of thiophene rings is 1. The van der Waals surface area contributed by atoms with Crippen molar-refractivity contribution in [2.24, 2.45) is 0 Å². The molecule has 2 heterocycles. The summed E-state index contributed by atoms with van der Waals surface area (Å²) in [5.41, 5.74) is 1.42. The van der Waals surface area contributed by atoms with Crippen LogP contribution >= 0.6 is 11.3 Å². The Morgan fingerprint density at radius 2 is 2.00 bits per heavy atom. The Hall–Kier alpha value is -2.97. The van der Waals surface area contributed by atoms with Crippen molar-refractivity contribution < 1.29 is 24.2 Å². The van der Waals surface area contributed by atoms with Crippen molar-refractivity contribution in [2.45, 2.75) is 0 Å². The van der Waals surface area contributed by atoms with Crippen molar-refractivity contribution in [1.82, 2.24) is 4.90 Å². The van der Waals surface area contributed by atoms with Gasteiger partial charge in [-0.05, 0) is 35.7 Å². The highest BCUT2D eigenvalue weighted by Gasteiger charge is 2.34. The molecule has 0 saturated carbocycles. The standard InChI is InChI=1S/C19H18N2O5S/c1-26-19(25)14-11-21(8-9-22)18(24)16(14)20-13-6-4-12(5-7-13)17(23)15-3-2-10-27-15/h2-7,10,20,22H,8-9,11H2,1H3. The number of methoxy groups -OCH3 is 1. The van der Waals surface area contributed by atoms with E-state index in [0.29, 0.717) is 16.1 Å². The summed E-state index contributed by atoms with van der Waals surface area (Å²) < 4.78 is 4.75. The van der Waals surface area contributed by atoms with Gasteiger partial charge in [0.05, 0.1) is 30.7 Å². The molecular weight excluding hydrogens is 368 g/mol. The molecule has 0 unspecified atom stereocenters. The zero-order chi connectivity index (χ0) is 19.4. The summed E-state index contributed by atoms with van der Waals surface area (Å²) in [6.45, 7) is -0.00485. The van der Waals surface area contributed by atoms with Crippen LogP contribution in [0.25, 0.3) is 0 Å². The summed E-state index contributed by atoms with van der Waals surface area (Å²) in [5, 5.41) is 13.9. The molecule has 0 atom stereocenters. The maximum Gasteiger partial charge on any atom is 0.337 e. The van der Waals surface area contributed by atoms with Crippen molar-refractivity contribution in [1.29, 1.82) is 0 Å². The molecule has 27 heavy (non-hydrogen) atoms. The van der Waals surface area contributed by atoms with E-state index < -0.39 is 5.97 Å². The van der Waals surface area contributed by atoms with Crippen molar-refractivity contribution in [3.63, 3.8) is 0 Å². The lowest BCUT2D eigenvalue weighted by Gasteiger charge is -2.15. The molecule has 0 fully saturated rings. The Balaban J connectivity index is 1.81. The van der Waals surface area contributed by atoms with Crippen LogP contribution in [0.5, 0.6) is 0 Å². The molecule has 1 aliphatic heterocycles. The van der Waals surface area contributed by atoms with Gasteiger partial charge in [0.25, 0.3) is 5.91 Å². The van der Waals surface area contributed by atoms with Crippen LogP contribution in [0.3, 0.4) is 0 Å². The molecule has 0 spiro atoms. The molecule has 7 nitrogen and oxygen atoms in total. The van der Waals surface area contributed by atoms with Crippen molar-refractivity contribution >= 4 is 34.7 Å². The molecular formula is C19H18N2O5S. The number of β-amino-alcohol motifs (C(OH)–C–C–N with tert-alkyl or cyclic N) is 1. The number of rotatable bonds is 7. The van der Waals surface area contributed by atoms with E-state index in [2.05, 4.69) is 5.32 Å². The molecule has 140 valence electrons. The molecule has 1 amide bonds. The molecule has 2 aromatic rings. The summed E-state index contributed by atoms with van der Waals surface area (Å²) in [6, 6.07) is 10.2. The van der Waals surface area contributed by atoms with Crippen molar-refractivity contribution in [2.75, 3.05) is 32.1 Å². The first-order valence-corrected chi connectivity index (χ1v) is 9.10. The van der Waals surface area contributed by atoms with Gasteiger partial charge in [-0.15, -0.1) is 11.3 Å². The number of nitrogens with one attached hydrogen (secondary N) is 1. The minimum absolute atomic E-state index is 0.0721. The third-order valence-corrected chi connectivity index (χ3v) is 4.98. The van der Waals surface area contributed by atoms with E-state index in [9.17, 15) is 14.4 Å². The number of aliphatic hydroxyl groups is 1. The van der Waals surface area contributed by atoms with E-state index in [0.717, 1.165) is 0 Å². The summed E-state index contributed by atoms with van der Waals surface area (Å²) in [5.74, 6) is -1.06. The zero-order valence-corrected chi connectivity index (χ0v) is 15.4. The Bertz CT molecular complexity index is 887. The number of benzene rings is 1. The highest BCUT2D eigenvalue weighted by atomic mass is 32.1. The molecule has 1 aliphatic rings. The predicted octanol–water partition coefficient (Wildman–Crippen LogP) is 1.65. The first-order chi connectivity index (χ1) is 13.0. The normalized spacial score (nSPS) is 13.9. The van der Waals surface area contributed by atoms with E-state index in [-0.39, 0.29) is 42.7 Å². The van der Waals surface area contributed by atoms with Gasteiger partial charge in [-0.1, -0.05) is 6.07 Å². The second-order valence-electron chi connectivity index (χ2n) is 5.80. The minimum Gasteiger partial charge on any atom is -0.466 e. The van der Waals surface area contributed by atoms with Crippen LogP contribution in [0.2, 0.25) is 0 Å².